The molecule has 0 spiro atoms. The van der Waals surface area contributed by atoms with Crippen LogP contribution < -0.4 is 10.2 Å². The van der Waals surface area contributed by atoms with E-state index in [1.807, 2.05) is 43.3 Å². The predicted octanol–water partition coefficient (Wildman–Crippen LogP) is 2.29. The second-order valence-corrected chi connectivity index (χ2v) is 8.01. The number of aromatic nitrogens is 2. The molecule has 1 amide bonds. The van der Waals surface area contributed by atoms with Gasteiger partial charge in [0.15, 0.2) is 0 Å². The number of nitrogens with zero attached hydrogens (tertiary/aromatic N) is 4. The number of hydrogen-bond donors (Lipinski definition) is 1. The van der Waals surface area contributed by atoms with Crippen LogP contribution >= 0.6 is 11.8 Å². The Bertz CT molecular complexity index is 692. The summed E-state index contributed by atoms with van der Waals surface area (Å²) in [6.07, 6.45) is 4.54. The van der Waals surface area contributed by atoms with E-state index in [0.29, 0.717) is 0 Å². The van der Waals surface area contributed by atoms with Crippen molar-refractivity contribution in [1.29, 1.82) is 0 Å². The quantitative estimate of drug-likeness (QED) is 0.556. The average Bonchev–Trinajstić information content (AvgIpc) is 2.73. The van der Waals surface area contributed by atoms with Gasteiger partial charge in [0.25, 0.3) is 0 Å². The molecule has 0 radical (unpaired) electrons. The van der Waals surface area contributed by atoms with Crippen LogP contribution in [-0.2, 0) is 4.79 Å². The summed E-state index contributed by atoms with van der Waals surface area (Å²) >= 11 is 1.60. The fourth-order valence-electron chi connectivity index (χ4n) is 3.04. The van der Waals surface area contributed by atoms with Gasteiger partial charge in [0.05, 0.1) is 5.25 Å². The third-order valence-electron chi connectivity index (χ3n) is 4.58. The van der Waals surface area contributed by atoms with E-state index in [1.165, 1.54) is 0 Å². The van der Waals surface area contributed by atoms with E-state index in [2.05, 4.69) is 25.1 Å². The Morgan fingerprint density at radius 2 is 1.81 bits per heavy atom. The molecule has 1 aliphatic heterocycles. The molecule has 1 aromatic carbocycles. The molecule has 6 nitrogen and oxygen atoms in total. The van der Waals surface area contributed by atoms with Gasteiger partial charge in [-0.1, -0.05) is 18.2 Å². The topological polar surface area (TPSA) is 61.4 Å². The third kappa shape index (κ3) is 6.22. The van der Waals surface area contributed by atoms with E-state index in [-0.39, 0.29) is 11.2 Å². The standard InChI is InChI=1S/C20H27N5OS/c1-17(27-18-7-3-2-4-8-18)19(26)21-11-6-12-24-13-15-25(16-14-24)20-22-9-5-10-23-20/h2-5,7-10,17H,6,11-16H2,1H3,(H,21,26). The molecule has 144 valence electrons. The summed E-state index contributed by atoms with van der Waals surface area (Å²) < 4.78 is 0. The minimum Gasteiger partial charge on any atom is -0.355 e. The molecule has 0 aliphatic carbocycles. The lowest BCUT2D eigenvalue weighted by Gasteiger charge is -2.34. The van der Waals surface area contributed by atoms with Gasteiger partial charge in [-0.15, -0.1) is 11.8 Å². The van der Waals surface area contributed by atoms with Crippen molar-refractivity contribution < 1.29 is 4.79 Å². The number of hydrogen-bond acceptors (Lipinski definition) is 6. The van der Waals surface area contributed by atoms with Crippen molar-refractivity contribution in [3.05, 3.63) is 48.8 Å². The van der Waals surface area contributed by atoms with Gasteiger partial charge in [-0.25, -0.2) is 9.97 Å². The summed E-state index contributed by atoms with van der Waals surface area (Å²) in [5, 5.41) is 2.98. The molecule has 1 atom stereocenters. The second kappa shape index (κ2) is 10.3. The first kappa shape index (κ1) is 19.6. The van der Waals surface area contributed by atoms with Crippen LogP contribution in [0.25, 0.3) is 0 Å². The van der Waals surface area contributed by atoms with Crippen LogP contribution in [-0.4, -0.2) is 65.3 Å². The zero-order valence-electron chi connectivity index (χ0n) is 15.8. The first-order valence-electron chi connectivity index (χ1n) is 9.46. The number of nitrogens with one attached hydrogen (secondary N) is 1. The monoisotopic (exact) mass is 385 g/mol. The Kier molecular flexibility index (Phi) is 7.47. The minimum atomic E-state index is -0.0817. The van der Waals surface area contributed by atoms with E-state index in [9.17, 15) is 4.79 Å². The number of piperazine rings is 1. The predicted molar refractivity (Wildman–Crippen MR) is 110 cm³/mol. The van der Waals surface area contributed by atoms with Gasteiger partial charge >= 0.3 is 0 Å². The van der Waals surface area contributed by atoms with Crippen molar-refractivity contribution in [1.82, 2.24) is 20.2 Å². The van der Waals surface area contributed by atoms with Crippen molar-refractivity contribution in [3.8, 4) is 0 Å². The molecule has 27 heavy (non-hydrogen) atoms. The zero-order chi connectivity index (χ0) is 18.9. The summed E-state index contributed by atoms with van der Waals surface area (Å²) in [5.74, 6) is 0.921. The van der Waals surface area contributed by atoms with Crippen LogP contribution in [0, 0.1) is 0 Å². The molecule has 1 aromatic heterocycles. The van der Waals surface area contributed by atoms with E-state index in [4.69, 9.17) is 0 Å². The Labute approximate surface area is 165 Å². The molecule has 1 aliphatic rings. The fourth-order valence-corrected chi connectivity index (χ4v) is 3.95. The van der Waals surface area contributed by atoms with E-state index >= 15 is 0 Å². The molecule has 0 bridgehead atoms. The second-order valence-electron chi connectivity index (χ2n) is 6.60. The fraction of sp³-hybridized carbons (Fsp3) is 0.450. The molecule has 2 heterocycles. The Morgan fingerprint density at radius 1 is 1.11 bits per heavy atom. The van der Waals surface area contributed by atoms with E-state index in [1.54, 1.807) is 24.2 Å². The molecule has 1 N–H and O–H groups in total. The number of rotatable bonds is 8. The Morgan fingerprint density at radius 3 is 2.52 bits per heavy atom. The molecule has 2 aromatic rings. The van der Waals surface area contributed by atoms with Crippen LogP contribution in [0.2, 0.25) is 0 Å². The number of carbonyl (C=O) groups is 1. The highest BCUT2D eigenvalue weighted by Gasteiger charge is 2.18. The Hall–Kier alpha value is -2.12. The zero-order valence-corrected chi connectivity index (χ0v) is 16.6. The maximum absolute atomic E-state index is 12.2. The van der Waals surface area contributed by atoms with Crippen LogP contribution in [0.15, 0.2) is 53.7 Å². The number of anilines is 1. The van der Waals surface area contributed by atoms with Crippen molar-refractivity contribution in [2.45, 2.75) is 23.5 Å². The van der Waals surface area contributed by atoms with Crippen molar-refractivity contribution in [2.24, 2.45) is 0 Å². The highest BCUT2D eigenvalue weighted by molar-refractivity contribution is 8.00. The largest absolute Gasteiger partial charge is 0.355 e. The van der Waals surface area contributed by atoms with Crippen LogP contribution in [0.3, 0.4) is 0 Å². The summed E-state index contributed by atoms with van der Waals surface area (Å²) in [6.45, 7) is 7.59. The van der Waals surface area contributed by atoms with Gasteiger partial charge in [0.2, 0.25) is 11.9 Å². The van der Waals surface area contributed by atoms with Crippen LogP contribution in [0.1, 0.15) is 13.3 Å². The average molecular weight is 386 g/mol. The minimum absolute atomic E-state index is 0.0817. The lowest BCUT2D eigenvalue weighted by Crippen LogP contribution is -2.47. The first-order chi connectivity index (χ1) is 13.2. The number of carbonyl (C=O) groups excluding carboxylic acids is 1. The van der Waals surface area contributed by atoms with Gasteiger partial charge in [-0.3, -0.25) is 9.69 Å². The van der Waals surface area contributed by atoms with Crippen LogP contribution in [0.4, 0.5) is 5.95 Å². The lowest BCUT2D eigenvalue weighted by atomic mass is 10.3. The maximum atomic E-state index is 12.2. The van der Waals surface area contributed by atoms with Gasteiger partial charge < -0.3 is 10.2 Å². The molecule has 3 rings (SSSR count). The van der Waals surface area contributed by atoms with Crippen LogP contribution in [0.5, 0.6) is 0 Å². The number of benzene rings is 1. The van der Waals surface area contributed by atoms with E-state index < -0.39 is 0 Å². The van der Waals surface area contributed by atoms with Crippen molar-refractivity contribution in [2.75, 3.05) is 44.2 Å². The molecular weight excluding hydrogens is 358 g/mol. The normalized spacial score (nSPS) is 16.1. The van der Waals surface area contributed by atoms with Gasteiger partial charge in [0.1, 0.15) is 0 Å². The highest BCUT2D eigenvalue weighted by Crippen LogP contribution is 2.22. The third-order valence-corrected chi connectivity index (χ3v) is 5.69. The van der Waals surface area contributed by atoms with Crippen molar-refractivity contribution in [3.63, 3.8) is 0 Å². The van der Waals surface area contributed by atoms with Gasteiger partial charge in [-0.05, 0) is 38.1 Å². The summed E-state index contributed by atoms with van der Waals surface area (Å²) in [4.78, 5) is 26.6. The van der Waals surface area contributed by atoms with E-state index in [0.717, 1.165) is 56.5 Å². The SMILES string of the molecule is CC(Sc1ccccc1)C(=O)NCCCN1CCN(c2ncccn2)CC1. The first-order valence-corrected chi connectivity index (χ1v) is 10.3. The number of amides is 1. The lowest BCUT2D eigenvalue weighted by molar-refractivity contribution is -0.120. The van der Waals surface area contributed by atoms with Gasteiger partial charge in [0, 0.05) is 50.0 Å². The number of thioether (sulfide) groups is 1. The molecule has 0 saturated carbocycles. The molecular formula is C20H27N5OS. The maximum Gasteiger partial charge on any atom is 0.233 e. The smallest absolute Gasteiger partial charge is 0.233 e. The molecule has 1 fully saturated rings. The highest BCUT2D eigenvalue weighted by atomic mass is 32.2. The molecule has 7 heteroatoms. The molecule has 1 saturated heterocycles. The Balaban J connectivity index is 1.30. The molecule has 1 unspecified atom stereocenters. The summed E-state index contributed by atoms with van der Waals surface area (Å²) in [5.41, 5.74) is 0. The van der Waals surface area contributed by atoms with Gasteiger partial charge in [-0.2, -0.15) is 0 Å². The summed E-state index contributed by atoms with van der Waals surface area (Å²) in [7, 11) is 0. The van der Waals surface area contributed by atoms with Crippen molar-refractivity contribution >= 4 is 23.6 Å². The summed E-state index contributed by atoms with van der Waals surface area (Å²) in [6, 6.07) is 11.9.